The van der Waals surface area contributed by atoms with E-state index in [9.17, 15) is 0 Å². The third-order valence-corrected chi connectivity index (χ3v) is 4.95. The molecule has 0 saturated carbocycles. The zero-order valence-electron chi connectivity index (χ0n) is 12.3. The summed E-state index contributed by atoms with van der Waals surface area (Å²) >= 11 is 0. The van der Waals surface area contributed by atoms with E-state index in [-0.39, 0.29) is 0 Å². The van der Waals surface area contributed by atoms with Crippen LogP contribution in [-0.4, -0.2) is 0 Å². The molecule has 0 radical (unpaired) electrons. The fourth-order valence-electron chi connectivity index (χ4n) is 3.91. The van der Waals surface area contributed by atoms with Crippen molar-refractivity contribution < 1.29 is 0 Å². The van der Waals surface area contributed by atoms with Gasteiger partial charge in [0, 0.05) is 0 Å². The standard InChI is InChI=1S/C22H16/c1-3-7-19-15(5-1)9-11-17-13-14-18-12-10-16-6-2-4-8-20(16)22(18)21(17)19/h1-9,11,13-14H,10,12H2. The zero-order valence-corrected chi connectivity index (χ0v) is 12.3. The summed E-state index contributed by atoms with van der Waals surface area (Å²) < 4.78 is 0. The Morgan fingerprint density at radius 2 is 1.27 bits per heavy atom. The van der Waals surface area contributed by atoms with Crippen LogP contribution in [0.5, 0.6) is 0 Å². The molecule has 4 aromatic carbocycles. The van der Waals surface area contributed by atoms with Gasteiger partial charge in [-0.3, -0.25) is 0 Å². The normalized spacial score (nSPS) is 13.1. The molecule has 104 valence electrons. The van der Waals surface area contributed by atoms with Gasteiger partial charge in [-0.1, -0.05) is 72.8 Å². The van der Waals surface area contributed by atoms with Crippen LogP contribution in [0.2, 0.25) is 0 Å². The molecule has 0 spiro atoms. The van der Waals surface area contributed by atoms with Gasteiger partial charge in [0.2, 0.25) is 0 Å². The van der Waals surface area contributed by atoms with E-state index in [2.05, 4.69) is 72.8 Å². The fraction of sp³-hybridized carbons (Fsp3) is 0.0909. The van der Waals surface area contributed by atoms with Crippen LogP contribution in [0.4, 0.5) is 0 Å². The highest BCUT2D eigenvalue weighted by molar-refractivity contribution is 6.15. The minimum absolute atomic E-state index is 1.14. The summed E-state index contributed by atoms with van der Waals surface area (Å²) in [6.45, 7) is 0. The maximum absolute atomic E-state index is 2.32. The molecule has 4 aromatic rings. The maximum Gasteiger partial charge on any atom is -0.00239 e. The first-order valence-corrected chi connectivity index (χ1v) is 7.93. The first kappa shape index (κ1) is 12.0. The van der Waals surface area contributed by atoms with Gasteiger partial charge in [-0.05, 0) is 56.6 Å². The number of hydrogen-bond donors (Lipinski definition) is 0. The second-order valence-corrected chi connectivity index (χ2v) is 6.14. The SMILES string of the molecule is c1ccc2c(c1)CCc1ccc3ccc4ccccc4c3c1-2. The molecule has 0 heteroatoms. The highest BCUT2D eigenvalue weighted by Gasteiger charge is 2.19. The smallest absolute Gasteiger partial charge is 0.00239 e. The quantitative estimate of drug-likeness (QED) is 0.359. The number of fused-ring (bicyclic) bond motifs is 7. The maximum atomic E-state index is 2.32. The van der Waals surface area contributed by atoms with Gasteiger partial charge in [-0.15, -0.1) is 0 Å². The lowest BCUT2D eigenvalue weighted by atomic mass is 9.81. The summed E-state index contributed by atoms with van der Waals surface area (Å²) in [5.74, 6) is 0. The Morgan fingerprint density at radius 3 is 2.27 bits per heavy atom. The molecule has 22 heavy (non-hydrogen) atoms. The van der Waals surface area contributed by atoms with Crippen LogP contribution in [0.3, 0.4) is 0 Å². The average Bonchev–Trinajstić information content (AvgIpc) is 2.60. The van der Waals surface area contributed by atoms with Crippen molar-refractivity contribution in [2.24, 2.45) is 0 Å². The molecule has 0 N–H and O–H groups in total. The van der Waals surface area contributed by atoms with E-state index in [1.54, 1.807) is 0 Å². The van der Waals surface area contributed by atoms with E-state index >= 15 is 0 Å². The summed E-state index contributed by atoms with van der Waals surface area (Å²) in [6.07, 6.45) is 2.30. The van der Waals surface area contributed by atoms with E-state index in [0.717, 1.165) is 12.8 Å². The Kier molecular flexibility index (Phi) is 2.42. The summed E-state index contributed by atoms with van der Waals surface area (Å²) in [5.41, 5.74) is 5.85. The van der Waals surface area contributed by atoms with Gasteiger partial charge in [0.25, 0.3) is 0 Å². The Morgan fingerprint density at radius 1 is 0.545 bits per heavy atom. The second kappa shape index (κ2) is 4.45. The van der Waals surface area contributed by atoms with Crippen molar-refractivity contribution in [3.63, 3.8) is 0 Å². The summed E-state index contributed by atoms with van der Waals surface area (Å²) in [5, 5.41) is 5.46. The van der Waals surface area contributed by atoms with E-state index in [1.165, 1.54) is 43.8 Å². The topological polar surface area (TPSA) is 0 Å². The molecule has 0 bridgehead atoms. The van der Waals surface area contributed by atoms with Crippen molar-refractivity contribution in [2.45, 2.75) is 12.8 Å². The summed E-state index contributed by atoms with van der Waals surface area (Å²) in [7, 11) is 0. The molecule has 1 aliphatic carbocycles. The third-order valence-electron chi connectivity index (χ3n) is 4.95. The van der Waals surface area contributed by atoms with Crippen LogP contribution in [-0.2, 0) is 12.8 Å². The Hall–Kier alpha value is -2.60. The molecule has 0 unspecified atom stereocenters. The summed E-state index contributed by atoms with van der Waals surface area (Å²) in [4.78, 5) is 0. The van der Waals surface area contributed by atoms with E-state index in [4.69, 9.17) is 0 Å². The van der Waals surface area contributed by atoms with Crippen LogP contribution in [0.25, 0.3) is 32.7 Å². The molecule has 5 rings (SSSR count). The molecule has 0 nitrogen and oxygen atoms in total. The molecular weight excluding hydrogens is 264 g/mol. The minimum Gasteiger partial charge on any atom is -0.0620 e. The van der Waals surface area contributed by atoms with Gasteiger partial charge in [-0.2, -0.15) is 0 Å². The molecule has 0 aliphatic heterocycles. The first-order valence-electron chi connectivity index (χ1n) is 7.93. The van der Waals surface area contributed by atoms with Crippen molar-refractivity contribution in [1.82, 2.24) is 0 Å². The molecule has 0 aromatic heterocycles. The van der Waals surface area contributed by atoms with Gasteiger partial charge < -0.3 is 0 Å². The molecule has 1 aliphatic rings. The van der Waals surface area contributed by atoms with Crippen molar-refractivity contribution >= 4 is 21.5 Å². The highest BCUT2D eigenvalue weighted by atomic mass is 14.2. The lowest BCUT2D eigenvalue weighted by Crippen LogP contribution is -2.04. The predicted molar refractivity (Wildman–Crippen MR) is 94.3 cm³/mol. The Labute approximate surface area is 130 Å². The van der Waals surface area contributed by atoms with Crippen LogP contribution < -0.4 is 0 Å². The van der Waals surface area contributed by atoms with Gasteiger partial charge in [0.15, 0.2) is 0 Å². The molecule has 0 fully saturated rings. The van der Waals surface area contributed by atoms with Crippen molar-refractivity contribution in [1.29, 1.82) is 0 Å². The van der Waals surface area contributed by atoms with E-state index in [1.807, 2.05) is 0 Å². The minimum atomic E-state index is 1.14. The lowest BCUT2D eigenvalue weighted by Gasteiger charge is -2.22. The number of hydrogen-bond acceptors (Lipinski definition) is 0. The predicted octanol–water partition coefficient (Wildman–Crippen LogP) is 5.76. The van der Waals surface area contributed by atoms with Crippen molar-refractivity contribution in [3.8, 4) is 11.1 Å². The van der Waals surface area contributed by atoms with Crippen molar-refractivity contribution in [3.05, 3.63) is 83.9 Å². The Balaban J connectivity index is 2.03. The number of rotatable bonds is 0. The number of aryl methyl sites for hydroxylation is 2. The highest BCUT2D eigenvalue weighted by Crippen LogP contribution is 2.41. The number of benzene rings is 4. The van der Waals surface area contributed by atoms with Gasteiger partial charge in [0.1, 0.15) is 0 Å². The monoisotopic (exact) mass is 280 g/mol. The van der Waals surface area contributed by atoms with Crippen molar-refractivity contribution in [2.75, 3.05) is 0 Å². The second-order valence-electron chi connectivity index (χ2n) is 6.14. The summed E-state index contributed by atoms with van der Waals surface area (Å²) in [6, 6.07) is 26.7. The van der Waals surface area contributed by atoms with Crippen LogP contribution in [0.15, 0.2) is 72.8 Å². The van der Waals surface area contributed by atoms with Gasteiger partial charge in [-0.25, -0.2) is 0 Å². The molecular formula is C22H16. The largest absolute Gasteiger partial charge is 0.0620 e. The molecule has 0 amide bonds. The zero-order chi connectivity index (χ0) is 14.5. The molecule has 0 atom stereocenters. The molecule has 0 saturated heterocycles. The third kappa shape index (κ3) is 1.58. The van der Waals surface area contributed by atoms with Crippen LogP contribution >= 0.6 is 0 Å². The lowest BCUT2D eigenvalue weighted by molar-refractivity contribution is 0.945. The van der Waals surface area contributed by atoms with E-state index < -0.39 is 0 Å². The average molecular weight is 280 g/mol. The van der Waals surface area contributed by atoms with Crippen LogP contribution in [0.1, 0.15) is 11.1 Å². The first-order chi connectivity index (χ1) is 10.9. The Bertz CT molecular complexity index is 1020. The molecule has 0 heterocycles. The van der Waals surface area contributed by atoms with E-state index in [0.29, 0.717) is 0 Å². The van der Waals surface area contributed by atoms with Gasteiger partial charge in [0.05, 0.1) is 0 Å². The fourth-order valence-corrected chi connectivity index (χ4v) is 3.91. The van der Waals surface area contributed by atoms with Crippen LogP contribution in [0, 0.1) is 0 Å². The van der Waals surface area contributed by atoms with Gasteiger partial charge >= 0.3 is 0 Å².